The number of amides is 2. The normalized spacial score (nSPS) is 20.3. The zero-order valence-corrected chi connectivity index (χ0v) is 42.9. The number of β-amino-alcohol motifs (C(OH)–C–C–N with tert-alkyl or cyclic N) is 1. The Hall–Kier alpha value is -5.09. The fourth-order valence-electron chi connectivity index (χ4n) is 11.9. The van der Waals surface area contributed by atoms with Crippen LogP contribution in [0, 0.1) is 12.3 Å². The Morgan fingerprint density at radius 2 is 1.78 bits per heavy atom. The summed E-state index contributed by atoms with van der Waals surface area (Å²) in [6.07, 6.45) is 11.7. The lowest BCUT2D eigenvalue weighted by Gasteiger charge is -2.34. The smallest absolute Gasteiger partial charge is 0.281 e. The number of aryl methyl sites for hydroxylation is 2. The molecule has 69 heavy (non-hydrogen) atoms. The molecule has 3 aromatic carbocycles. The molecule has 0 unspecified atom stereocenters. The van der Waals surface area contributed by atoms with Gasteiger partial charge >= 0.3 is 0 Å². The Labute approximate surface area is 416 Å². The van der Waals surface area contributed by atoms with Crippen molar-refractivity contribution in [2.45, 2.75) is 141 Å². The highest BCUT2D eigenvalue weighted by Crippen LogP contribution is 2.52. The highest BCUT2D eigenvalue weighted by molar-refractivity contribution is 9.10. The number of aliphatic hydroxyl groups is 1. The third-order valence-corrected chi connectivity index (χ3v) is 17.2. The minimum Gasteiger partial charge on any atom is -0.391 e. The molecule has 2 N–H and O–H groups in total. The lowest BCUT2D eigenvalue weighted by Crippen LogP contribution is -2.50. The van der Waals surface area contributed by atoms with Gasteiger partial charge in [0, 0.05) is 23.6 Å². The van der Waals surface area contributed by atoms with Crippen molar-refractivity contribution in [3.05, 3.63) is 121 Å². The minimum atomic E-state index is -0.805. The van der Waals surface area contributed by atoms with Crippen molar-refractivity contribution in [3.63, 3.8) is 0 Å². The van der Waals surface area contributed by atoms with Crippen LogP contribution >= 0.6 is 27.3 Å². The molecule has 1 saturated carbocycles. The second kappa shape index (κ2) is 19.3. The van der Waals surface area contributed by atoms with E-state index >= 15 is 0 Å². The molecular formula is C54H64BrN9O4S. The first-order valence-electron chi connectivity index (χ1n) is 25.0. The number of benzene rings is 3. The second-order valence-corrected chi connectivity index (χ2v) is 22.9. The SMILES string of the molecule is Cc1ncsc1-c1ccc([C@H](C)NC(=O)[C@@H]2C[C@@H](O)CN2C(=O)[C@@H](n2cc(CCCCN3CCC(c4ccc5c(c4)-n4c(nc(=O)c6c(Br)cccc64)C54CCCCC4)CC3)nn2)C(C)(C)C)cc1. The fraction of sp³-hybridized carbons (Fsp3) is 0.500. The molecule has 4 aliphatic rings. The molecule has 4 atom stereocenters. The number of carbonyl (C=O) groups excluding carboxylic acids is 2. The Balaban J connectivity index is 0.740. The van der Waals surface area contributed by atoms with Gasteiger partial charge in [0.25, 0.3) is 5.56 Å². The van der Waals surface area contributed by atoms with Crippen molar-refractivity contribution in [3.8, 4) is 16.1 Å². The summed E-state index contributed by atoms with van der Waals surface area (Å²) >= 11 is 5.26. The summed E-state index contributed by atoms with van der Waals surface area (Å²) < 4.78 is 4.77. The molecule has 3 aromatic heterocycles. The van der Waals surface area contributed by atoms with E-state index in [1.165, 1.54) is 23.2 Å². The van der Waals surface area contributed by atoms with E-state index in [0.717, 1.165) is 121 Å². The van der Waals surface area contributed by atoms with Crippen molar-refractivity contribution in [2.75, 3.05) is 26.2 Å². The van der Waals surface area contributed by atoms with Crippen LogP contribution in [0.5, 0.6) is 0 Å². The van der Waals surface area contributed by atoms with Gasteiger partial charge in [-0.3, -0.25) is 19.0 Å². The average molecular weight is 1020 g/mol. The highest BCUT2D eigenvalue weighted by Gasteiger charge is 2.48. The van der Waals surface area contributed by atoms with E-state index in [1.807, 2.05) is 82.7 Å². The average Bonchev–Trinajstić information content (AvgIpc) is 4.13. The van der Waals surface area contributed by atoms with Gasteiger partial charge in [-0.1, -0.05) is 87.7 Å². The predicted octanol–water partition coefficient (Wildman–Crippen LogP) is 9.36. The Morgan fingerprint density at radius 1 is 1.01 bits per heavy atom. The van der Waals surface area contributed by atoms with E-state index in [0.29, 0.717) is 11.3 Å². The van der Waals surface area contributed by atoms with Crippen LogP contribution in [0.25, 0.3) is 27.0 Å². The lowest BCUT2D eigenvalue weighted by atomic mass is 9.69. The van der Waals surface area contributed by atoms with Gasteiger partial charge < -0.3 is 20.2 Å². The molecule has 13 nitrogen and oxygen atoms in total. The third-order valence-electron chi connectivity index (χ3n) is 15.5. The number of aromatic nitrogens is 6. The summed E-state index contributed by atoms with van der Waals surface area (Å²) in [6.45, 7) is 13.1. The number of piperidine rings is 1. The Bertz CT molecular complexity index is 2930. The topological polar surface area (TPSA) is 151 Å². The summed E-state index contributed by atoms with van der Waals surface area (Å²) in [7, 11) is 0. The van der Waals surface area contributed by atoms with E-state index < -0.39 is 23.6 Å². The molecule has 1 aliphatic carbocycles. The molecule has 2 amide bonds. The molecule has 1 spiro atoms. The summed E-state index contributed by atoms with van der Waals surface area (Å²) in [5.41, 5.74) is 9.64. The van der Waals surface area contributed by atoms with Crippen LogP contribution < -0.4 is 10.9 Å². The van der Waals surface area contributed by atoms with Crippen LogP contribution in [0.15, 0.2) is 81.6 Å². The van der Waals surface area contributed by atoms with Gasteiger partial charge in [0.05, 0.1) is 55.9 Å². The number of aliphatic hydroxyl groups excluding tert-OH is 1. The Kier molecular flexibility index (Phi) is 13.3. The number of carbonyl (C=O) groups is 2. The minimum absolute atomic E-state index is 0.0821. The van der Waals surface area contributed by atoms with Gasteiger partial charge in [-0.25, -0.2) is 9.67 Å². The maximum absolute atomic E-state index is 14.5. The van der Waals surface area contributed by atoms with E-state index in [1.54, 1.807) is 20.9 Å². The lowest BCUT2D eigenvalue weighted by molar-refractivity contribution is -0.144. The third kappa shape index (κ3) is 9.13. The molecule has 0 radical (unpaired) electrons. The fourth-order valence-corrected chi connectivity index (χ4v) is 13.2. The number of halogens is 1. The molecule has 3 aliphatic heterocycles. The second-order valence-electron chi connectivity index (χ2n) is 21.2. The maximum atomic E-state index is 14.5. The molecule has 15 heteroatoms. The van der Waals surface area contributed by atoms with Crippen LogP contribution in [0.4, 0.5) is 0 Å². The molecule has 10 rings (SSSR count). The standard InChI is InChI=1S/C54H64BrN9O4S/c1-33(35-15-17-37(18-16-35)47-34(2)56-32-69-47)57-49(66)45-29-40(65)31-62(45)51(68)48(53(3,4)5)63-30-39(59-60-63)12-7-10-25-61-26-21-36(22-27-61)38-19-20-41-44(28-38)64-43-14-11-13-42(55)46(43)50(67)58-52(64)54(41)23-8-6-9-24-54/h11,13-20,28,30,32-33,36,40,45,48,65H,6-10,12,21-27,29,31H2,1-5H3,(H,57,66)/t33-,40+,45-,48+/m0/s1. The number of rotatable bonds is 12. The first-order valence-corrected chi connectivity index (χ1v) is 26.7. The number of hydrogen-bond donors (Lipinski definition) is 2. The van der Waals surface area contributed by atoms with E-state index in [2.05, 4.69) is 70.3 Å². The van der Waals surface area contributed by atoms with Crippen LogP contribution in [-0.2, 0) is 21.4 Å². The van der Waals surface area contributed by atoms with Gasteiger partial charge in [0.2, 0.25) is 11.8 Å². The van der Waals surface area contributed by atoms with E-state index in [-0.39, 0.29) is 41.8 Å². The first kappa shape index (κ1) is 47.6. The quantitative estimate of drug-likeness (QED) is 0.114. The molecule has 0 bridgehead atoms. The van der Waals surface area contributed by atoms with E-state index in [4.69, 9.17) is 4.98 Å². The van der Waals surface area contributed by atoms with Gasteiger partial charge in [-0.15, -0.1) is 16.4 Å². The van der Waals surface area contributed by atoms with Crippen LogP contribution in [0.3, 0.4) is 0 Å². The maximum Gasteiger partial charge on any atom is 0.281 e. The van der Waals surface area contributed by atoms with Crippen LogP contribution in [-0.4, -0.2) is 94.6 Å². The Morgan fingerprint density at radius 3 is 2.51 bits per heavy atom. The van der Waals surface area contributed by atoms with Crippen molar-refractivity contribution >= 4 is 50.0 Å². The largest absolute Gasteiger partial charge is 0.391 e. The van der Waals surface area contributed by atoms with E-state index in [9.17, 15) is 19.5 Å². The highest BCUT2D eigenvalue weighted by atomic mass is 79.9. The molecule has 6 heterocycles. The number of thiazole rings is 1. The number of nitrogens with zero attached hydrogens (tertiary/aromatic N) is 8. The number of hydrogen-bond acceptors (Lipinski definition) is 10. The molecule has 6 aromatic rings. The zero-order chi connectivity index (χ0) is 48.2. The van der Waals surface area contributed by atoms with Crippen molar-refractivity contribution in [2.24, 2.45) is 5.41 Å². The summed E-state index contributed by atoms with van der Waals surface area (Å²) in [5.74, 6) is 0.864. The molecule has 362 valence electrons. The summed E-state index contributed by atoms with van der Waals surface area (Å²) in [5, 5.41) is 23.6. The van der Waals surface area contributed by atoms with Gasteiger partial charge in [-0.05, 0) is 146 Å². The number of unbranched alkanes of at least 4 members (excludes halogenated alkanes) is 1. The summed E-state index contributed by atoms with van der Waals surface area (Å²) in [4.78, 5) is 56.3. The van der Waals surface area contributed by atoms with Gasteiger partial charge in [0.15, 0.2) is 0 Å². The van der Waals surface area contributed by atoms with Crippen LogP contribution in [0.2, 0.25) is 0 Å². The molecular weight excluding hydrogens is 951 g/mol. The molecule has 2 saturated heterocycles. The summed E-state index contributed by atoms with van der Waals surface area (Å²) in [6, 6.07) is 19.5. The zero-order valence-electron chi connectivity index (χ0n) is 40.5. The van der Waals surface area contributed by atoms with Crippen LogP contribution in [0.1, 0.15) is 144 Å². The monoisotopic (exact) mass is 1010 g/mol. The number of nitrogens with one attached hydrogen (secondary N) is 1. The molecule has 3 fully saturated rings. The number of fused-ring (bicyclic) bond motifs is 7. The van der Waals surface area contributed by atoms with Crippen molar-refractivity contribution in [1.29, 1.82) is 0 Å². The van der Waals surface area contributed by atoms with Crippen molar-refractivity contribution in [1.82, 2.24) is 44.6 Å². The number of likely N-dealkylation sites (tertiary alicyclic amines) is 2. The van der Waals surface area contributed by atoms with Gasteiger partial charge in [-0.2, -0.15) is 4.98 Å². The first-order chi connectivity index (χ1) is 33.2. The van der Waals surface area contributed by atoms with Gasteiger partial charge in [0.1, 0.15) is 17.9 Å². The van der Waals surface area contributed by atoms with Crippen molar-refractivity contribution < 1.29 is 14.7 Å². The predicted molar refractivity (Wildman–Crippen MR) is 274 cm³/mol.